The molecule has 92 valence electrons. The van der Waals surface area contributed by atoms with Crippen molar-refractivity contribution in [2.75, 3.05) is 30.9 Å². The van der Waals surface area contributed by atoms with Gasteiger partial charge in [0.1, 0.15) is 0 Å². The third-order valence-electron chi connectivity index (χ3n) is 3.53. The van der Waals surface area contributed by atoms with Crippen molar-refractivity contribution in [3.05, 3.63) is 0 Å². The molecule has 3 heteroatoms. The van der Waals surface area contributed by atoms with Crippen LogP contribution in [0.1, 0.15) is 33.6 Å². The van der Waals surface area contributed by atoms with Crippen molar-refractivity contribution >= 4 is 27.7 Å². The quantitative estimate of drug-likeness (QED) is 0.626. The third kappa shape index (κ3) is 5.10. The SMILES string of the molecule is CCC(CC)(CBr)CN(C)C(C)CSC. The molecular weight excluding hydrogens is 270 g/mol. The fourth-order valence-corrected chi connectivity index (χ4v) is 3.47. The molecule has 0 aromatic carbocycles. The van der Waals surface area contributed by atoms with Crippen LogP contribution >= 0.6 is 27.7 Å². The number of hydrogen-bond donors (Lipinski definition) is 0. The molecule has 1 atom stereocenters. The maximum absolute atomic E-state index is 3.68. The minimum Gasteiger partial charge on any atom is -0.302 e. The van der Waals surface area contributed by atoms with Crippen molar-refractivity contribution in [2.24, 2.45) is 5.41 Å². The van der Waals surface area contributed by atoms with E-state index in [0.717, 1.165) is 5.33 Å². The van der Waals surface area contributed by atoms with Crippen LogP contribution in [0, 0.1) is 5.41 Å². The Kier molecular flexibility index (Phi) is 8.39. The zero-order chi connectivity index (χ0) is 11.9. The smallest absolute Gasteiger partial charge is 0.0155 e. The maximum Gasteiger partial charge on any atom is 0.0155 e. The van der Waals surface area contributed by atoms with Crippen molar-refractivity contribution in [2.45, 2.75) is 39.7 Å². The molecular formula is C12H26BrNS. The summed E-state index contributed by atoms with van der Waals surface area (Å²) in [5, 5.41) is 1.11. The topological polar surface area (TPSA) is 3.24 Å². The Labute approximate surface area is 109 Å². The van der Waals surface area contributed by atoms with E-state index in [0.29, 0.717) is 11.5 Å². The van der Waals surface area contributed by atoms with E-state index in [1.165, 1.54) is 25.1 Å². The molecule has 0 radical (unpaired) electrons. The molecule has 0 amide bonds. The van der Waals surface area contributed by atoms with E-state index in [1.54, 1.807) is 0 Å². The highest BCUT2D eigenvalue weighted by molar-refractivity contribution is 9.09. The molecule has 15 heavy (non-hydrogen) atoms. The molecule has 1 unspecified atom stereocenters. The minimum atomic E-state index is 0.460. The molecule has 0 bridgehead atoms. The second kappa shape index (κ2) is 7.97. The highest BCUT2D eigenvalue weighted by Crippen LogP contribution is 2.30. The number of thioether (sulfide) groups is 1. The fraction of sp³-hybridized carbons (Fsp3) is 1.00. The Bertz CT molecular complexity index is 151. The molecule has 0 rings (SSSR count). The van der Waals surface area contributed by atoms with Gasteiger partial charge in [-0.2, -0.15) is 11.8 Å². The number of alkyl halides is 1. The third-order valence-corrected chi connectivity index (χ3v) is 5.53. The van der Waals surface area contributed by atoms with E-state index in [1.807, 2.05) is 11.8 Å². The number of halogens is 1. The second-order valence-electron chi connectivity index (χ2n) is 4.56. The zero-order valence-electron chi connectivity index (χ0n) is 10.8. The van der Waals surface area contributed by atoms with Gasteiger partial charge in [0, 0.05) is 23.7 Å². The standard InChI is InChI=1S/C12H26BrNS/c1-6-12(7-2,9-13)10-14(4)11(3)8-15-5/h11H,6-10H2,1-5H3. The molecule has 0 aromatic rings. The van der Waals surface area contributed by atoms with Gasteiger partial charge in [-0.25, -0.2) is 0 Å². The molecule has 0 saturated carbocycles. The van der Waals surface area contributed by atoms with Crippen molar-refractivity contribution in [3.63, 3.8) is 0 Å². The van der Waals surface area contributed by atoms with Gasteiger partial charge in [0.05, 0.1) is 0 Å². The Morgan fingerprint density at radius 3 is 2.20 bits per heavy atom. The highest BCUT2D eigenvalue weighted by Gasteiger charge is 2.27. The first-order valence-electron chi connectivity index (χ1n) is 5.80. The van der Waals surface area contributed by atoms with Gasteiger partial charge in [0.15, 0.2) is 0 Å². The lowest BCUT2D eigenvalue weighted by molar-refractivity contribution is 0.159. The van der Waals surface area contributed by atoms with Gasteiger partial charge < -0.3 is 4.90 Å². The van der Waals surface area contributed by atoms with Crippen LogP contribution < -0.4 is 0 Å². The zero-order valence-corrected chi connectivity index (χ0v) is 13.2. The Balaban J connectivity index is 4.27. The predicted octanol–water partition coefficient (Wildman–Crippen LogP) is 3.87. The Morgan fingerprint density at radius 1 is 1.33 bits per heavy atom. The molecule has 0 N–H and O–H groups in total. The van der Waals surface area contributed by atoms with Crippen LogP contribution in [0.15, 0.2) is 0 Å². The van der Waals surface area contributed by atoms with Gasteiger partial charge in [-0.05, 0) is 38.5 Å². The monoisotopic (exact) mass is 295 g/mol. The molecule has 0 saturated heterocycles. The molecule has 0 aliphatic carbocycles. The van der Waals surface area contributed by atoms with Crippen LogP contribution in [0.4, 0.5) is 0 Å². The molecule has 0 aliphatic heterocycles. The van der Waals surface area contributed by atoms with Crippen molar-refractivity contribution in [1.82, 2.24) is 4.90 Å². The van der Waals surface area contributed by atoms with Crippen LogP contribution in [0.3, 0.4) is 0 Å². The van der Waals surface area contributed by atoms with E-state index in [-0.39, 0.29) is 0 Å². The van der Waals surface area contributed by atoms with Crippen LogP contribution in [-0.2, 0) is 0 Å². The summed E-state index contributed by atoms with van der Waals surface area (Å²) in [4.78, 5) is 2.50. The normalized spacial score (nSPS) is 14.6. The van der Waals surface area contributed by atoms with E-state index in [2.05, 4.69) is 54.9 Å². The van der Waals surface area contributed by atoms with Gasteiger partial charge >= 0.3 is 0 Å². The summed E-state index contributed by atoms with van der Waals surface area (Å²) >= 11 is 5.61. The van der Waals surface area contributed by atoms with Crippen LogP contribution in [0.2, 0.25) is 0 Å². The maximum atomic E-state index is 3.68. The molecule has 0 fully saturated rings. The first-order valence-corrected chi connectivity index (χ1v) is 8.32. The number of hydrogen-bond acceptors (Lipinski definition) is 2. The molecule has 0 aliphatic rings. The van der Waals surface area contributed by atoms with Crippen LogP contribution in [0.25, 0.3) is 0 Å². The summed E-state index contributed by atoms with van der Waals surface area (Å²) < 4.78 is 0. The summed E-state index contributed by atoms with van der Waals surface area (Å²) in [6, 6.07) is 0.677. The van der Waals surface area contributed by atoms with E-state index >= 15 is 0 Å². The van der Waals surface area contributed by atoms with Gasteiger partial charge in [-0.3, -0.25) is 0 Å². The first kappa shape index (κ1) is 15.8. The lowest BCUT2D eigenvalue weighted by Gasteiger charge is -2.36. The summed E-state index contributed by atoms with van der Waals surface area (Å²) in [5.41, 5.74) is 0.460. The number of nitrogens with zero attached hydrogens (tertiary/aromatic N) is 1. The predicted molar refractivity (Wildman–Crippen MR) is 77.3 cm³/mol. The lowest BCUT2D eigenvalue weighted by Crippen LogP contribution is -2.41. The lowest BCUT2D eigenvalue weighted by atomic mass is 9.84. The van der Waals surface area contributed by atoms with Gasteiger partial charge in [-0.1, -0.05) is 29.8 Å². The average molecular weight is 296 g/mol. The van der Waals surface area contributed by atoms with Gasteiger partial charge in [0.25, 0.3) is 0 Å². The van der Waals surface area contributed by atoms with Crippen molar-refractivity contribution in [3.8, 4) is 0 Å². The summed E-state index contributed by atoms with van der Waals surface area (Å²) in [6.45, 7) is 8.13. The van der Waals surface area contributed by atoms with Gasteiger partial charge in [0.2, 0.25) is 0 Å². The average Bonchev–Trinajstić information content (AvgIpc) is 2.26. The van der Waals surface area contributed by atoms with Gasteiger partial charge in [-0.15, -0.1) is 0 Å². The summed E-state index contributed by atoms with van der Waals surface area (Å²) in [6.07, 6.45) is 4.69. The van der Waals surface area contributed by atoms with Crippen LogP contribution in [0.5, 0.6) is 0 Å². The summed E-state index contributed by atoms with van der Waals surface area (Å²) in [5.74, 6) is 1.22. The van der Waals surface area contributed by atoms with E-state index in [9.17, 15) is 0 Å². The number of rotatable bonds is 8. The molecule has 0 spiro atoms. The van der Waals surface area contributed by atoms with Crippen molar-refractivity contribution in [1.29, 1.82) is 0 Å². The minimum absolute atomic E-state index is 0.460. The van der Waals surface area contributed by atoms with Crippen LogP contribution in [-0.4, -0.2) is 41.9 Å². The molecule has 0 heterocycles. The van der Waals surface area contributed by atoms with E-state index < -0.39 is 0 Å². The Morgan fingerprint density at radius 2 is 1.87 bits per heavy atom. The fourth-order valence-electron chi connectivity index (χ4n) is 1.76. The largest absolute Gasteiger partial charge is 0.302 e. The molecule has 1 nitrogen and oxygen atoms in total. The summed E-state index contributed by atoms with van der Waals surface area (Å²) in [7, 11) is 2.25. The Hall–Kier alpha value is 0.790. The highest BCUT2D eigenvalue weighted by atomic mass is 79.9. The molecule has 0 aromatic heterocycles. The van der Waals surface area contributed by atoms with Crippen molar-refractivity contribution < 1.29 is 0 Å². The first-order chi connectivity index (χ1) is 7.05. The van der Waals surface area contributed by atoms with E-state index in [4.69, 9.17) is 0 Å². The second-order valence-corrected chi connectivity index (χ2v) is 6.03.